The normalized spacial score (nSPS) is 23.1. The predicted molar refractivity (Wildman–Crippen MR) is 79.5 cm³/mol. The first-order valence-corrected chi connectivity index (χ1v) is 7.64. The van der Waals surface area contributed by atoms with Crippen molar-refractivity contribution in [3.8, 4) is 0 Å². The SMILES string of the molecule is O=C(NCC1CCC(O)CC1)c1ccc(Cl)cc1Br. The van der Waals surface area contributed by atoms with Gasteiger partial charge in [0, 0.05) is 16.0 Å². The van der Waals surface area contributed by atoms with Crippen LogP contribution in [0.5, 0.6) is 0 Å². The highest BCUT2D eigenvalue weighted by Crippen LogP contribution is 2.24. The first-order chi connectivity index (χ1) is 9.06. The molecular formula is C14H17BrClNO2. The van der Waals surface area contributed by atoms with Gasteiger partial charge < -0.3 is 10.4 Å². The van der Waals surface area contributed by atoms with Crippen LogP contribution < -0.4 is 5.32 Å². The maximum atomic E-state index is 12.1. The summed E-state index contributed by atoms with van der Waals surface area (Å²) in [5.74, 6) is 0.382. The van der Waals surface area contributed by atoms with E-state index in [1.165, 1.54) is 0 Å². The molecule has 0 bridgehead atoms. The highest BCUT2D eigenvalue weighted by molar-refractivity contribution is 9.10. The van der Waals surface area contributed by atoms with Crippen molar-refractivity contribution in [2.45, 2.75) is 31.8 Å². The Morgan fingerprint density at radius 3 is 2.68 bits per heavy atom. The van der Waals surface area contributed by atoms with Crippen LogP contribution >= 0.6 is 27.5 Å². The Morgan fingerprint density at radius 1 is 1.37 bits per heavy atom. The number of hydrogen-bond acceptors (Lipinski definition) is 2. The van der Waals surface area contributed by atoms with Crippen LogP contribution in [0.2, 0.25) is 5.02 Å². The van der Waals surface area contributed by atoms with Crippen LogP contribution in [-0.4, -0.2) is 23.7 Å². The van der Waals surface area contributed by atoms with Crippen LogP contribution in [-0.2, 0) is 0 Å². The maximum absolute atomic E-state index is 12.1. The van der Waals surface area contributed by atoms with Gasteiger partial charge in [0.1, 0.15) is 0 Å². The van der Waals surface area contributed by atoms with Gasteiger partial charge in [-0.1, -0.05) is 11.6 Å². The highest BCUT2D eigenvalue weighted by Gasteiger charge is 2.20. The standard InChI is InChI=1S/C14H17BrClNO2/c15-13-7-10(16)3-6-12(13)14(19)17-8-9-1-4-11(18)5-2-9/h3,6-7,9,11,18H,1-2,4-5,8H2,(H,17,19). The molecule has 2 rings (SSSR count). The Labute approximate surface area is 126 Å². The molecule has 0 aromatic heterocycles. The van der Waals surface area contributed by atoms with Gasteiger partial charge in [0.05, 0.1) is 11.7 Å². The van der Waals surface area contributed by atoms with Gasteiger partial charge in [0.15, 0.2) is 0 Å². The minimum atomic E-state index is -0.155. The molecule has 0 spiro atoms. The van der Waals surface area contributed by atoms with Gasteiger partial charge in [-0.2, -0.15) is 0 Å². The van der Waals surface area contributed by atoms with Gasteiger partial charge in [-0.25, -0.2) is 0 Å². The summed E-state index contributed by atoms with van der Waals surface area (Å²) in [7, 11) is 0. The van der Waals surface area contributed by atoms with Crippen molar-refractivity contribution in [1.82, 2.24) is 5.32 Å². The average Bonchev–Trinajstić information content (AvgIpc) is 2.37. The van der Waals surface area contributed by atoms with Gasteiger partial charge in [-0.15, -0.1) is 0 Å². The number of hydrogen-bond donors (Lipinski definition) is 2. The average molecular weight is 347 g/mol. The highest BCUT2D eigenvalue weighted by atomic mass is 79.9. The molecule has 1 amide bonds. The van der Waals surface area contributed by atoms with Gasteiger partial charge in [0.25, 0.3) is 5.91 Å². The van der Waals surface area contributed by atoms with Crippen molar-refractivity contribution in [2.24, 2.45) is 5.92 Å². The van der Waals surface area contributed by atoms with Crippen LogP contribution in [0.4, 0.5) is 0 Å². The second-order valence-electron chi connectivity index (χ2n) is 5.01. The molecule has 1 aromatic rings. The summed E-state index contributed by atoms with van der Waals surface area (Å²) in [6.45, 7) is 0.667. The molecule has 5 heteroatoms. The molecule has 0 unspecified atom stereocenters. The molecule has 1 aromatic carbocycles. The molecule has 1 aliphatic carbocycles. The van der Waals surface area contributed by atoms with Crippen LogP contribution in [0.25, 0.3) is 0 Å². The van der Waals surface area contributed by atoms with Crippen molar-refractivity contribution in [3.05, 3.63) is 33.3 Å². The van der Waals surface area contributed by atoms with Crippen molar-refractivity contribution >= 4 is 33.4 Å². The molecule has 0 atom stereocenters. The zero-order valence-corrected chi connectivity index (χ0v) is 12.9. The summed E-state index contributed by atoms with van der Waals surface area (Å²) in [5.41, 5.74) is 0.597. The van der Waals surface area contributed by atoms with E-state index in [1.807, 2.05) is 0 Å². The molecule has 19 heavy (non-hydrogen) atoms. The van der Waals surface area contributed by atoms with Crippen LogP contribution in [0.1, 0.15) is 36.0 Å². The zero-order valence-electron chi connectivity index (χ0n) is 10.5. The van der Waals surface area contributed by atoms with E-state index in [9.17, 15) is 9.90 Å². The number of nitrogens with one attached hydrogen (secondary N) is 1. The molecule has 0 radical (unpaired) electrons. The number of carbonyl (C=O) groups is 1. The molecule has 0 heterocycles. The number of benzene rings is 1. The summed E-state index contributed by atoms with van der Waals surface area (Å²) < 4.78 is 0.705. The minimum Gasteiger partial charge on any atom is -0.393 e. The Balaban J connectivity index is 1.87. The van der Waals surface area contributed by atoms with Crippen molar-refractivity contribution < 1.29 is 9.90 Å². The van der Waals surface area contributed by atoms with Crippen LogP contribution in [0.15, 0.2) is 22.7 Å². The molecular weight excluding hydrogens is 330 g/mol. The lowest BCUT2D eigenvalue weighted by Crippen LogP contribution is -2.32. The predicted octanol–water partition coefficient (Wildman–Crippen LogP) is 3.38. The van der Waals surface area contributed by atoms with Crippen molar-refractivity contribution in [3.63, 3.8) is 0 Å². The Kier molecular flexibility index (Phi) is 5.25. The van der Waals surface area contributed by atoms with Gasteiger partial charge in [-0.3, -0.25) is 4.79 Å². The first kappa shape index (κ1) is 14.8. The lowest BCUT2D eigenvalue weighted by Gasteiger charge is -2.25. The fraction of sp³-hybridized carbons (Fsp3) is 0.500. The Bertz CT molecular complexity index is 459. The van der Waals surface area contributed by atoms with Gasteiger partial charge in [0.2, 0.25) is 0 Å². The van der Waals surface area contributed by atoms with E-state index >= 15 is 0 Å². The molecule has 0 aliphatic heterocycles. The number of halogens is 2. The first-order valence-electron chi connectivity index (χ1n) is 6.47. The van der Waals surface area contributed by atoms with E-state index in [1.54, 1.807) is 18.2 Å². The lowest BCUT2D eigenvalue weighted by molar-refractivity contribution is 0.0909. The topological polar surface area (TPSA) is 49.3 Å². The van der Waals surface area contributed by atoms with Crippen LogP contribution in [0, 0.1) is 5.92 Å². The Hall–Kier alpha value is -0.580. The third kappa shape index (κ3) is 4.20. The fourth-order valence-electron chi connectivity index (χ4n) is 2.35. The minimum absolute atomic E-state index is 0.0883. The summed E-state index contributed by atoms with van der Waals surface area (Å²) in [6, 6.07) is 5.14. The molecule has 1 aliphatic rings. The van der Waals surface area contributed by atoms with E-state index in [0.29, 0.717) is 27.5 Å². The number of aliphatic hydroxyl groups is 1. The van der Waals surface area contributed by atoms with E-state index in [2.05, 4.69) is 21.2 Å². The molecule has 3 nitrogen and oxygen atoms in total. The van der Waals surface area contributed by atoms with E-state index < -0.39 is 0 Å². The van der Waals surface area contributed by atoms with E-state index in [-0.39, 0.29) is 12.0 Å². The third-order valence-electron chi connectivity index (χ3n) is 3.54. The quantitative estimate of drug-likeness (QED) is 0.881. The second kappa shape index (κ2) is 6.73. The zero-order chi connectivity index (χ0) is 13.8. The number of amides is 1. The number of carbonyl (C=O) groups excluding carboxylic acids is 1. The molecule has 104 valence electrons. The van der Waals surface area contributed by atoms with Gasteiger partial charge >= 0.3 is 0 Å². The summed E-state index contributed by atoms with van der Waals surface area (Å²) >= 11 is 9.19. The molecule has 1 saturated carbocycles. The number of aliphatic hydroxyl groups excluding tert-OH is 1. The maximum Gasteiger partial charge on any atom is 0.252 e. The van der Waals surface area contributed by atoms with Crippen molar-refractivity contribution in [1.29, 1.82) is 0 Å². The summed E-state index contributed by atoms with van der Waals surface area (Å²) in [4.78, 5) is 12.1. The lowest BCUT2D eigenvalue weighted by atomic mass is 9.87. The third-order valence-corrected chi connectivity index (χ3v) is 4.43. The van der Waals surface area contributed by atoms with Crippen LogP contribution in [0.3, 0.4) is 0 Å². The molecule has 2 N–H and O–H groups in total. The summed E-state index contributed by atoms with van der Waals surface area (Å²) in [6.07, 6.45) is 3.47. The Morgan fingerprint density at radius 2 is 2.05 bits per heavy atom. The second-order valence-corrected chi connectivity index (χ2v) is 6.30. The number of rotatable bonds is 3. The molecule has 0 saturated heterocycles. The van der Waals surface area contributed by atoms with Gasteiger partial charge in [-0.05, 0) is 65.7 Å². The monoisotopic (exact) mass is 345 g/mol. The summed E-state index contributed by atoms with van der Waals surface area (Å²) in [5, 5.41) is 13.0. The van der Waals surface area contributed by atoms with Crippen molar-refractivity contribution in [2.75, 3.05) is 6.54 Å². The van der Waals surface area contributed by atoms with E-state index in [4.69, 9.17) is 11.6 Å². The largest absolute Gasteiger partial charge is 0.393 e. The van der Waals surface area contributed by atoms with E-state index in [0.717, 1.165) is 25.7 Å². The smallest absolute Gasteiger partial charge is 0.252 e. The molecule has 1 fully saturated rings. The fourth-order valence-corrected chi connectivity index (χ4v) is 3.22.